The van der Waals surface area contributed by atoms with Crippen LogP contribution in [0.25, 0.3) is 0 Å². The summed E-state index contributed by atoms with van der Waals surface area (Å²) in [5.74, 6) is 64.7. The number of rotatable bonds is 0. The van der Waals surface area contributed by atoms with Crippen molar-refractivity contribution in [1.29, 1.82) is 0 Å². The van der Waals surface area contributed by atoms with Crippen molar-refractivity contribution in [1.82, 2.24) is 0 Å². The average molecular weight is 1450 g/mol. The van der Waals surface area contributed by atoms with Crippen LogP contribution in [0.2, 0.25) is 0 Å². The Morgan fingerprint density at radius 2 is 0.430 bits per heavy atom. The molecule has 23 unspecified atom stereocenters. The summed E-state index contributed by atoms with van der Waals surface area (Å²) >= 11 is 0. The van der Waals surface area contributed by atoms with Gasteiger partial charge in [0.05, 0.1) is 0 Å². The van der Waals surface area contributed by atoms with Gasteiger partial charge in [-0.25, -0.2) is 0 Å². The smallest absolute Gasteiger partial charge is 0.0266 e. The van der Waals surface area contributed by atoms with Gasteiger partial charge in [0.25, 0.3) is 0 Å². The maximum absolute atomic E-state index is 1.68. The molecule has 45 aliphatic rings. The Balaban J connectivity index is 0.0000000635. The van der Waals surface area contributed by atoms with Crippen LogP contribution in [0.3, 0.4) is 0 Å². The van der Waals surface area contributed by atoms with Crippen molar-refractivity contribution in [3.63, 3.8) is 0 Å². The average Bonchev–Trinajstić information content (AvgIpc) is 1.39. The van der Waals surface area contributed by atoms with E-state index in [9.17, 15) is 0 Å². The van der Waals surface area contributed by atoms with Crippen molar-refractivity contribution in [2.24, 2.45) is 313 Å². The highest BCUT2D eigenvalue weighted by Crippen LogP contribution is 3.01. The van der Waals surface area contributed by atoms with Crippen LogP contribution in [0.15, 0.2) is 0 Å². The van der Waals surface area contributed by atoms with Crippen molar-refractivity contribution in [3.05, 3.63) is 0 Å². The van der Waals surface area contributed by atoms with E-state index in [0.29, 0.717) is 0 Å². The van der Waals surface area contributed by atoms with Gasteiger partial charge in [-0.05, 0) is 576 Å². The highest BCUT2D eigenvalue weighted by atomic mass is 15.0. The largest absolute Gasteiger partial charge is 0.0533 e. The molecule has 0 heterocycles. The molecule has 0 nitrogen and oxygen atoms in total. The molecule has 0 amide bonds. The maximum Gasteiger partial charge on any atom is -0.0266 e. The monoisotopic (exact) mass is 1450 g/mol. The van der Waals surface area contributed by atoms with Gasteiger partial charge in [0.1, 0.15) is 0 Å². The van der Waals surface area contributed by atoms with Crippen LogP contribution in [-0.4, -0.2) is 0 Å². The number of fused-ring (bicyclic) bond motifs is 20. The van der Waals surface area contributed by atoms with Crippen LogP contribution in [0.1, 0.15) is 347 Å². The van der Waals surface area contributed by atoms with Gasteiger partial charge >= 0.3 is 0 Å². The third-order valence-corrected chi connectivity index (χ3v) is 49.5. The lowest BCUT2D eigenvalue weighted by molar-refractivity contribution is -0.565. The van der Waals surface area contributed by atoms with E-state index in [0.717, 1.165) is 11.3 Å². The molecule has 0 aromatic rings. The molecule has 45 fully saturated rings. The first-order valence-corrected chi connectivity index (χ1v) is 52.9. The van der Waals surface area contributed by atoms with Crippen LogP contribution in [0.5, 0.6) is 0 Å². The van der Waals surface area contributed by atoms with Crippen LogP contribution in [0, 0.1) is 313 Å². The van der Waals surface area contributed by atoms with E-state index in [2.05, 4.69) is 0 Å². The van der Waals surface area contributed by atoms with Gasteiger partial charge in [-0.15, -0.1) is 0 Å². The van der Waals surface area contributed by atoms with E-state index < -0.39 is 0 Å². The summed E-state index contributed by atoms with van der Waals surface area (Å²) in [5.41, 5.74) is 0.906. The van der Waals surface area contributed by atoms with E-state index in [4.69, 9.17) is 0 Å². The summed E-state index contributed by atoms with van der Waals surface area (Å²) in [6, 6.07) is 0. The van der Waals surface area contributed by atoms with E-state index in [1.807, 2.05) is 0 Å². The van der Waals surface area contributed by atoms with Crippen LogP contribution < -0.4 is 0 Å². The number of hydrogen-bond donors (Lipinski definition) is 0. The first-order chi connectivity index (χ1) is 52.9. The standard InChI is InChI=1S/C12H18.C11H14.2C11H18.2C10H16.C9H14.C8H8.2C7H10.C6H8.C5H10/c1-2-8-5-7(1)11-9-3-4-10(6-9)12(8)11;1-4-5-2-9-8(1)10-6(4)3-7(5)11(9)10;1-3-9-7-10-4-2-6-11(10,5-1)8-9;1-2-4-10-9-5-6-11(10)8(3-1)7-9;1-7-2-9-4-8(1)5-10(3-7)6-9;1-2-9-7-4-5-8(6-7)10(9)3-1;1-6-2-8-4-7(1)5-9(8)3-6;1-2-5-3(1)7-4(1)6(2)8(5)7;1-4-2-6-5(1)7(6)3-4;1-2-4-6-5(3-1)7(4)6;1-2-4-5-3(1)6(4)5;1-2-4-5-3-1/h7-12H,1-6H2;4-11H,1-3H2;9-10H,1-8H2;8-11H,1-7H2;2*7-10H,1-6H2;6-9H,1-5H2;1-8H;2*4-7H,1-3H2;3-6H,1-2H2;1-5H2. The molecule has 0 aromatic heterocycles. The van der Waals surface area contributed by atoms with Gasteiger partial charge in [0.2, 0.25) is 0 Å². The molecule has 0 aliphatic heterocycles. The summed E-state index contributed by atoms with van der Waals surface area (Å²) in [5, 5.41) is 0. The molecule has 45 rings (SSSR count). The zero-order chi connectivity index (χ0) is 68.7. The van der Waals surface area contributed by atoms with Crippen molar-refractivity contribution >= 4 is 0 Å². The Morgan fingerprint density at radius 1 is 0.131 bits per heavy atom. The van der Waals surface area contributed by atoms with E-state index >= 15 is 0 Å². The quantitative estimate of drug-likeness (QED) is 0.212. The van der Waals surface area contributed by atoms with Crippen molar-refractivity contribution in [2.45, 2.75) is 347 Å². The summed E-state index contributed by atoms with van der Waals surface area (Å²) in [6.07, 6.45) is 86.0. The predicted molar refractivity (Wildman–Crippen MR) is 433 cm³/mol. The van der Waals surface area contributed by atoms with Crippen molar-refractivity contribution in [3.8, 4) is 0 Å². The van der Waals surface area contributed by atoms with Gasteiger partial charge in [0, 0.05) is 0 Å². The maximum atomic E-state index is 1.68. The SMILES string of the molecule is C12C3C4C1C1C2C3C41.C1C2C3CC4C5CC3C1C5C24.C1C2CC3C1C3C2.C1C2CC3CC1CC(C2)C3.C1C2CC3CC1CC3C2.C1CC2C3C(C1)C23.C1CC2C3C1C23.C1CC2C3CCC(C3)C2C1.C1CC2CC1C1C3CCC(C3)C21.C1CC2CC3CCCC3(C1)C2.C1CCC2C3CCC2C(C1)C3.C1CCCC1. The van der Waals surface area contributed by atoms with Gasteiger partial charge in [-0.3, -0.25) is 0 Å². The zero-order valence-electron chi connectivity index (χ0n) is 68.7. The molecule has 1 spiro atoms. The Hall–Kier alpha value is 0. The highest BCUT2D eigenvalue weighted by Gasteiger charge is 2.98. The van der Waals surface area contributed by atoms with Gasteiger partial charge in [0.15, 0.2) is 0 Å². The molecule has 0 heteroatoms. The molecule has 107 heavy (non-hydrogen) atoms. The van der Waals surface area contributed by atoms with Gasteiger partial charge in [-0.1, -0.05) is 83.5 Å². The highest BCUT2D eigenvalue weighted by molar-refractivity contribution is 5.44. The van der Waals surface area contributed by atoms with Crippen LogP contribution in [-0.2, 0) is 0 Å². The fraction of sp³-hybridized carbons (Fsp3) is 1.00. The Kier molecular flexibility index (Phi) is 15.7. The van der Waals surface area contributed by atoms with Crippen LogP contribution in [0.4, 0.5) is 0 Å². The molecule has 0 aromatic carbocycles. The fourth-order valence-electron chi connectivity index (χ4n) is 46.5. The Labute approximate surface area is 655 Å². The number of hydrogen-bond acceptors (Lipinski definition) is 0. The predicted octanol–water partition coefficient (Wildman–Crippen LogP) is 27.5. The minimum Gasteiger partial charge on any atom is -0.0533 e. The molecule has 0 N–H and O–H groups in total. The lowest BCUT2D eigenvalue weighted by Gasteiger charge is -3.03. The first-order valence-electron chi connectivity index (χ1n) is 52.9. The summed E-state index contributed by atoms with van der Waals surface area (Å²) in [7, 11) is 0. The zero-order valence-corrected chi connectivity index (χ0v) is 68.7. The third-order valence-electron chi connectivity index (χ3n) is 49.5. The minimum absolute atomic E-state index is 0.906. The normalized spacial score (nSPS) is 66.4. The second-order valence-electron chi connectivity index (χ2n) is 52.1. The molecule has 45 saturated carbocycles. The second kappa shape index (κ2) is 25.0. The molecule has 588 valence electrons. The third kappa shape index (κ3) is 10.2. The van der Waals surface area contributed by atoms with E-state index in [1.165, 1.54) is 334 Å². The summed E-state index contributed by atoms with van der Waals surface area (Å²) in [6.45, 7) is 0. The molecular formula is C107H160. The summed E-state index contributed by atoms with van der Waals surface area (Å²) in [4.78, 5) is 0. The molecular weight excluding hydrogens is 1290 g/mol. The lowest BCUT2D eigenvalue weighted by Crippen LogP contribution is -3.00. The molecule has 0 radical (unpaired) electrons. The van der Waals surface area contributed by atoms with Crippen LogP contribution >= 0.6 is 0 Å². The van der Waals surface area contributed by atoms with Crippen molar-refractivity contribution < 1.29 is 0 Å². The van der Waals surface area contributed by atoms with Gasteiger partial charge < -0.3 is 0 Å². The topological polar surface area (TPSA) is 0 Å². The Bertz CT molecular complexity index is 2920. The molecule has 23 atom stereocenters. The lowest BCUT2D eigenvalue weighted by atomic mass is 9.01. The Morgan fingerprint density at radius 3 is 0.832 bits per heavy atom. The first kappa shape index (κ1) is 67.0. The van der Waals surface area contributed by atoms with Crippen molar-refractivity contribution in [2.75, 3.05) is 0 Å². The minimum atomic E-state index is 0.906. The molecule has 30 bridgehead atoms. The summed E-state index contributed by atoms with van der Waals surface area (Å²) < 4.78 is 0. The second-order valence-corrected chi connectivity index (χ2v) is 52.1. The van der Waals surface area contributed by atoms with E-state index in [-0.39, 0.29) is 0 Å². The van der Waals surface area contributed by atoms with E-state index in [1.54, 1.807) is 315 Å². The van der Waals surface area contributed by atoms with Gasteiger partial charge in [-0.2, -0.15) is 0 Å². The fourth-order valence-corrected chi connectivity index (χ4v) is 46.5. The molecule has 0 saturated heterocycles. The molecule has 45 aliphatic carbocycles.